The topological polar surface area (TPSA) is 192 Å². The molecule has 3 atom stereocenters. The van der Waals surface area contributed by atoms with Gasteiger partial charge in [0, 0.05) is 65.4 Å². The standard InChI is InChI=1S/C72H133NO13/c1-53-28-29-55(46-59(53)54(2)74)30-31-60(75)73-38-27-39-80-52-58(62(5,6)33-41-82-68(17,18)49-57(72(25,26)86-45-37-66(13,14)79)51-70(21,22)84-43-35-64(9,10)77)47-61(3,4)32-40-81-67(15,16)48-56(71(23,24)85-44-36-65(11,12)78)50-69(19,20)83-42-34-63(7,8)76/h28-29,46,56-58,76-79H,1,27,30-45,47-52H2,2-26H3/p+1. The van der Waals surface area contributed by atoms with E-state index in [2.05, 4.69) is 123 Å². The Bertz CT molecular complexity index is 2110. The number of hydrogen-bond acceptors (Lipinski definition) is 13. The molecule has 1 aromatic rings. The van der Waals surface area contributed by atoms with Crippen LogP contribution in [0.15, 0.2) is 18.2 Å². The number of Topliss-reactive ketones (excluding diaryl/α,β-unsaturated/α-hetero) is 1. The number of nitrogens with one attached hydrogen (secondary N) is 1. The summed E-state index contributed by atoms with van der Waals surface area (Å²) in [7, 11) is 0. The van der Waals surface area contributed by atoms with Gasteiger partial charge in [0.2, 0.25) is 11.7 Å². The third-order valence-electron chi connectivity index (χ3n) is 17.4. The van der Waals surface area contributed by atoms with Crippen LogP contribution in [0, 0.1) is 35.5 Å². The van der Waals surface area contributed by atoms with Crippen LogP contribution in [0.5, 0.6) is 0 Å². The van der Waals surface area contributed by atoms with Gasteiger partial charge in [0.05, 0.1) is 82.4 Å². The Kier molecular flexibility index (Phi) is 32.3. The zero-order chi connectivity index (χ0) is 66.7. The van der Waals surface area contributed by atoms with Crippen molar-refractivity contribution in [1.29, 1.82) is 0 Å². The minimum absolute atomic E-state index is 0.0292. The highest BCUT2D eigenvalue weighted by molar-refractivity contribution is 5.96. The molecule has 0 saturated heterocycles. The molecule has 0 aliphatic rings. The molecule has 14 nitrogen and oxygen atoms in total. The lowest BCUT2D eigenvalue weighted by atomic mass is 9.68. The van der Waals surface area contributed by atoms with Crippen molar-refractivity contribution < 1.29 is 63.2 Å². The van der Waals surface area contributed by atoms with E-state index in [1.807, 2.05) is 18.2 Å². The third-order valence-corrected chi connectivity index (χ3v) is 17.4. The Balaban J connectivity index is 3.39. The van der Waals surface area contributed by atoms with Crippen LogP contribution >= 0.6 is 0 Å². The number of carbonyl (C=O) groups excluding carboxylic acids is 2. The SMILES string of the molecule is [CH2+]c1ccc(CCC(=O)NCCCOCC(CC(C)(C)CCOC(C)(C)CC(CC(C)(C)OCCC(C)(C)O)C(C)(C)OCCC(C)(C)O)C(C)(C)CCOC(C)(C)CC(CC(C)(C)OCCC(C)(C)O)C(C)(C)OCCC(C)(C)O)cc1C(C)=O. The van der Waals surface area contributed by atoms with E-state index in [1.54, 1.807) is 55.4 Å². The molecule has 0 aromatic heterocycles. The number of rotatable bonds is 47. The molecule has 1 rings (SSSR count). The Morgan fingerprint density at radius 3 is 1.21 bits per heavy atom. The molecule has 14 heteroatoms. The average molecular weight is 1220 g/mol. The minimum atomic E-state index is -0.849. The molecule has 0 heterocycles. The number of hydrogen-bond donors (Lipinski definition) is 5. The number of carbonyl (C=O) groups is 2. The first-order chi connectivity index (χ1) is 38.7. The van der Waals surface area contributed by atoms with Crippen LogP contribution in [0.2, 0.25) is 0 Å². The molecule has 0 aliphatic heterocycles. The van der Waals surface area contributed by atoms with E-state index in [0.717, 1.165) is 31.2 Å². The van der Waals surface area contributed by atoms with E-state index in [0.29, 0.717) is 135 Å². The number of ketones is 1. The molecule has 0 fully saturated rings. The second-order valence-electron chi connectivity index (χ2n) is 33.2. The number of amides is 1. The summed E-state index contributed by atoms with van der Waals surface area (Å²) in [4.78, 5) is 25.0. The van der Waals surface area contributed by atoms with Gasteiger partial charge in [-0.15, -0.1) is 0 Å². The van der Waals surface area contributed by atoms with E-state index in [-0.39, 0.29) is 40.3 Å². The average Bonchev–Trinajstić information content (AvgIpc) is 3.46. The summed E-state index contributed by atoms with van der Waals surface area (Å²) in [5.74, 6) is 0.142. The maximum absolute atomic E-state index is 12.9. The Morgan fingerprint density at radius 1 is 0.477 bits per heavy atom. The van der Waals surface area contributed by atoms with E-state index >= 15 is 0 Å². The molecule has 0 saturated carbocycles. The van der Waals surface area contributed by atoms with E-state index in [9.17, 15) is 30.0 Å². The van der Waals surface area contributed by atoms with Crippen molar-refractivity contribution in [3.05, 3.63) is 41.8 Å². The van der Waals surface area contributed by atoms with Gasteiger partial charge in [0.25, 0.3) is 0 Å². The Morgan fingerprint density at radius 2 is 0.837 bits per heavy atom. The van der Waals surface area contributed by atoms with Crippen molar-refractivity contribution in [2.75, 3.05) is 59.4 Å². The number of ether oxygens (including phenoxy) is 7. The lowest BCUT2D eigenvalue weighted by Crippen LogP contribution is -2.45. The smallest absolute Gasteiger partial charge is 0.220 e. The number of aliphatic hydroxyl groups is 4. The first-order valence-corrected chi connectivity index (χ1v) is 32.7. The van der Waals surface area contributed by atoms with Crippen molar-refractivity contribution in [1.82, 2.24) is 5.32 Å². The fraction of sp³-hybridized carbons (Fsp3) is 0.875. The monoisotopic (exact) mass is 1220 g/mol. The fourth-order valence-electron chi connectivity index (χ4n) is 11.1. The normalized spacial score (nSPS) is 15.3. The van der Waals surface area contributed by atoms with Crippen LogP contribution in [0.25, 0.3) is 0 Å². The lowest BCUT2D eigenvalue weighted by molar-refractivity contribution is -0.136. The molecule has 1 aromatic carbocycles. The molecule has 0 spiro atoms. The van der Waals surface area contributed by atoms with Crippen LogP contribution in [-0.2, 0) is 44.4 Å². The predicted octanol–water partition coefficient (Wildman–Crippen LogP) is 14.6. The molecule has 0 bridgehead atoms. The van der Waals surface area contributed by atoms with Gasteiger partial charge in [-0.3, -0.25) is 9.59 Å². The Labute approximate surface area is 526 Å². The van der Waals surface area contributed by atoms with Gasteiger partial charge in [-0.1, -0.05) is 27.7 Å². The summed E-state index contributed by atoms with van der Waals surface area (Å²) in [6, 6.07) is 5.59. The largest absolute Gasteiger partial charge is 0.390 e. The highest BCUT2D eigenvalue weighted by Crippen LogP contribution is 2.44. The van der Waals surface area contributed by atoms with Crippen molar-refractivity contribution in [3.63, 3.8) is 0 Å². The second kappa shape index (κ2) is 33.9. The van der Waals surface area contributed by atoms with E-state index in [4.69, 9.17) is 33.2 Å². The van der Waals surface area contributed by atoms with Gasteiger partial charge >= 0.3 is 0 Å². The van der Waals surface area contributed by atoms with Gasteiger partial charge in [-0.05, 0) is 262 Å². The number of aryl methyl sites for hydroxylation is 1. The predicted molar refractivity (Wildman–Crippen MR) is 352 cm³/mol. The molecule has 86 heavy (non-hydrogen) atoms. The second-order valence-corrected chi connectivity index (χ2v) is 33.2. The molecule has 1 amide bonds. The minimum Gasteiger partial charge on any atom is -0.390 e. The van der Waals surface area contributed by atoms with Crippen molar-refractivity contribution in [2.24, 2.45) is 28.6 Å². The zero-order valence-electron chi connectivity index (χ0n) is 59.9. The van der Waals surface area contributed by atoms with Gasteiger partial charge in [-0.25, -0.2) is 0 Å². The van der Waals surface area contributed by atoms with Crippen LogP contribution in [0.4, 0.5) is 0 Å². The molecular formula is C72H134NO13+. The molecule has 504 valence electrons. The lowest BCUT2D eigenvalue weighted by Gasteiger charge is -2.44. The summed E-state index contributed by atoms with van der Waals surface area (Å²) >= 11 is 0. The summed E-state index contributed by atoms with van der Waals surface area (Å²) in [5, 5.41) is 45.0. The maximum Gasteiger partial charge on any atom is 0.220 e. The molecule has 5 N–H and O–H groups in total. The molecular weight excluding hydrogens is 1090 g/mol. The third kappa shape index (κ3) is 37.2. The van der Waals surface area contributed by atoms with Crippen LogP contribution < -0.4 is 5.32 Å². The molecule has 3 unspecified atom stereocenters. The van der Waals surface area contributed by atoms with Gasteiger partial charge < -0.3 is 58.9 Å². The highest BCUT2D eigenvalue weighted by Gasteiger charge is 2.43. The Hall–Kier alpha value is -2.21. The van der Waals surface area contributed by atoms with Crippen LogP contribution in [0.3, 0.4) is 0 Å². The fourth-order valence-corrected chi connectivity index (χ4v) is 11.1. The number of benzene rings is 1. The summed E-state index contributed by atoms with van der Waals surface area (Å²) in [6.45, 7) is 59.2. The van der Waals surface area contributed by atoms with Crippen molar-refractivity contribution >= 4 is 11.7 Å². The van der Waals surface area contributed by atoms with Gasteiger partial charge in [-0.2, -0.15) is 0 Å². The van der Waals surface area contributed by atoms with E-state index < -0.39 is 56.0 Å². The van der Waals surface area contributed by atoms with E-state index in [1.165, 1.54) is 6.92 Å². The van der Waals surface area contributed by atoms with Gasteiger partial charge in [0.1, 0.15) is 11.1 Å². The van der Waals surface area contributed by atoms with Crippen LogP contribution in [0.1, 0.15) is 278 Å². The highest BCUT2D eigenvalue weighted by atomic mass is 16.5. The summed E-state index contributed by atoms with van der Waals surface area (Å²) < 4.78 is 46.6. The van der Waals surface area contributed by atoms with Gasteiger partial charge in [0.15, 0.2) is 0 Å². The first kappa shape index (κ1) is 81.8. The summed E-state index contributed by atoms with van der Waals surface area (Å²) in [5.41, 5.74) is -4.60. The molecule has 0 aliphatic carbocycles. The molecule has 0 radical (unpaired) electrons. The summed E-state index contributed by atoms with van der Waals surface area (Å²) in [6.07, 6.45) is 8.92. The maximum atomic E-state index is 12.9. The zero-order valence-corrected chi connectivity index (χ0v) is 59.9. The first-order valence-electron chi connectivity index (χ1n) is 32.7. The van der Waals surface area contributed by atoms with Crippen molar-refractivity contribution in [2.45, 2.75) is 319 Å². The van der Waals surface area contributed by atoms with Crippen LogP contribution in [-0.4, -0.2) is 148 Å². The quantitative estimate of drug-likeness (QED) is 0.0236. The van der Waals surface area contributed by atoms with Crippen molar-refractivity contribution in [3.8, 4) is 0 Å².